The molecule has 0 amide bonds. The second-order valence-corrected chi connectivity index (χ2v) is 3.42. The van der Waals surface area contributed by atoms with Crippen LogP contribution in [0.3, 0.4) is 0 Å². The molecule has 0 spiro atoms. The van der Waals surface area contributed by atoms with E-state index in [-0.39, 0.29) is 0 Å². The second-order valence-electron chi connectivity index (χ2n) is 2.50. The number of alkyl halides is 1. The predicted octanol–water partition coefficient (Wildman–Crippen LogP) is 1.26. The van der Waals surface area contributed by atoms with Gasteiger partial charge < -0.3 is 4.74 Å². The minimum atomic E-state index is -0.865. The molecule has 0 bridgehead atoms. The van der Waals surface area contributed by atoms with E-state index in [9.17, 15) is 9.59 Å². The predicted molar refractivity (Wildman–Crippen MR) is 52.9 cm³/mol. The maximum atomic E-state index is 11.3. The van der Waals surface area contributed by atoms with E-state index >= 15 is 0 Å². The molecule has 0 aliphatic carbocycles. The number of hydrogen-bond acceptors (Lipinski definition) is 4. The van der Waals surface area contributed by atoms with E-state index in [4.69, 9.17) is 0 Å². The number of methoxy groups -OCH3 is 1. The van der Waals surface area contributed by atoms with Crippen LogP contribution in [0.5, 0.6) is 0 Å². The monoisotopic (exact) mass is 257 g/mol. The first-order valence-corrected chi connectivity index (χ1v) is 4.74. The van der Waals surface area contributed by atoms with Gasteiger partial charge in [-0.1, -0.05) is 22.0 Å². The van der Waals surface area contributed by atoms with Crippen LogP contribution in [0.25, 0.3) is 0 Å². The molecule has 0 aliphatic rings. The zero-order chi connectivity index (χ0) is 10.6. The van der Waals surface area contributed by atoms with Gasteiger partial charge in [-0.2, -0.15) is 0 Å². The molecule has 1 aromatic heterocycles. The van der Waals surface area contributed by atoms with E-state index < -0.39 is 16.6 Å². The second kappa shape index (κ2) is 4.85. The van der Waals surface area contributed by atoms with E-state index in [1.165, 1.54) is 13.3 Å². The third-order valence-electron chi connectivity index (χ3n) is 1.59. The molecule has 0 fully saturated rings. The molecule has 0 radical (unpaired) electrons. The van der Waals surface area contributed by atoms with Gasteiger partial charge in [0.2, 0.25) is 0 Å². The van der Waals surface area contributed by atoms with Crippen LogP contribution in [-0.2, 0) is 14.3 Å². The minimum Gasteiger partial charge on any atom is -0.463 e. The lowest BCUT2D eigenvalue weighted by Gasteiger charge is -2.05. The molecule has 0 N–H and O–H groups in total. The molecule has 0 saturated carbocycles. The molecule has 1 aromatic rings. The van der Waals surface area contributed by atoms with Crippen molar-refractivity contribution in [3.63, 3.8) is 0 Å². The number of esters is 1. The topological polar surface area (TPSA) is 56.3 Å². The molecule has 5 heteroatoms. The number of aromatic nitrogens is 1. The van der Waals surface area contributed by atoms with Gasteiger partial charge in [0.15, 0.2) is 0 Å². The van der Waals surface area contributed by atoms with E-state index in [1.807, 2.05) is 0 Å². The van der Waals surface area contributed by atoms with Gasteiger partial charge in [0.1, 0.15) is 4.83 Å². The van der Waals surface area contributed by atoms with E-state index in [0.29, 0.717) is 5.56 Å². The molecule has 1 heterocycles. The first kappa shape index (κ1) is 10.8. The normalized spacial score (nSPS) is 11.9. The fourth-order valence-electron chi connectivity index (χ4n) is 0.881. The highest BCUT2D eigenvalue weighted by molar-refractivity contribution is 9.09. The standard InChI is InChI=1S/C9H8BrNO3/c1-14-9(13)8(12)7(10)6-3-2-4-11-5-6/h2-5,7H,1H3. The Labute approximate surface area is 89.4 Å². The summed E-state index contributed by atoms with van der Waals surface area (Å²) in [5.41, 5.74) is 0.628. The number of ketones is 1. The molecular weight excluding hydrogens is 250 g/mol. The Balaban J connectivity index is 2.81. The Kier molecular flexibility index (Phi) is 3.76. The van der Waals surface area contributed by atoms with E-state index in [2.05, 4.69) is 25.7 Å². The third kappa shape index (κ3) is 2.38. The first-order valence-electron chi connectivity index (χ1n) is 3.83. The molecule has 4 nitrogen and oxygen atoms in total. The Bertz CT molecular complexity index is 339. The largest absolute Gasteiger partial charge is 0.463 e. The molecule has 14 heavy (non-hydrogen) atoms. The van der Waals surface area contributed by atoms with Crippen molar-refractivity contribution in [2.45, 2.75) is 4.83 Å². The smallest absolute Gasteiger partial charge is 0.375 e. The number of carbonyl (C=O) groups excluding carboxylic acids is 2. The third-order valence-corrected chi connectivity index (χ3v) is 2.54. The summed E-state index contributed by atoms with van der Waals surface area (Å²) < 4.78 is 4.32. The number of halogens is 1. The Morgan fingerprint density at radius 2 is 2.29 bits per heavy atom. The molecule has 0 saturated heterocycles. The van der Waals surface area contributed by atoms with Gasteiger partial charge in [0, 0.05) is 12.4 Å². The number of carbonyl (C=O) groups is 2. The van der Waals surface area contributed by atoms with Gasteiger partial charge in [-0.15, -0.1) is 0 Å². The first-order chi connectivity index (χ1) is 6.66. The van der Waals surface area contributed by atoms with Crippen molar-refractivity contribution in [1.29, 1.82) is 0 Å². The quantitative estimate of drug-likeness (QED) is 0.465. The van der Waals surface area contributed by atoms with Crippen LogP contribution in [-0.4, -0.2) is 23.8 Å². The fourth-order valence-corrected chi connectivity index (χ4v) is 1.34. The SMILES string of the molecule is COC(=O)C(=O)C(Br)c1cccnc1. The van der Waals surface area contributed by atoms with Crippen molar-refractivity contribution in [3.8, 4) is 0 Å². The van der Waals surface area contributed by atoms with Crippen LogP contribution < -0.4 is 0 Å². The van der Waals surface area contributed by atoms with Crippen LogP contribution in [0.15, 0.2) is 24.5 Å². The van der Waals surface area contributed by atoms with Gasteiger partial charge in [-0.05, 0) is 11.6 Å². The molecule has 0 aromatic carbocycles. The minimum absolute atomic E-state index is 0.628. The number of pyridine rings is 1. The van der Waals surface area contributed by atoms with Crippen molar-refractivity contribution in [1.82, 2.24) is 4.98 Å². The average molecular weight is 258 g/mol. The fraction of sp³-hybridized carbons (Fsp3) is 0.222. The van der Waals surface area contributed by atoms with Gasteiger partial charge in [-0.3, -0.25) is 9.78 Å². The summed E-state index contributed by atoms with van der Waals surface area (Å²) >= 11 is 3.10. The lowest BCUT2D eigenvalue weighted by atomic mass is 10.1. The molecule has 1 atom stereocenters. The van der Waals surface area contributed by atoms with Gasteiger partial charge in [0.25, 0.3) is 5.78 Å². The van der Waals surface area contributed by atoms with E-state index in [0.717, 1.165) is 0 Å². The average Bonchev–Trinajstić information content (AvgIpc) is 2.27. The van der Waals surface area contributed by atoms with E-state index in [1.54, 1.807) is 18.3 Å². The lowest BCUT2D eigenvalue weighted by molar-refractivity contribution is -0.151. The van der Waals surface area contributed by atoms with Crippen molar-refractivity contribution in [2.24, 2.45) is 0 Å². The van der Waals surface area contributed by atoms with Crippen molar-refractivity contribution in [2.75, 3.05) is 7.11 Å². The van der Waals surface area contributed by atoms with Crippen LogP contribution in [0, 0.1) is 0 Å². The van der Waals surface area contributed by atoms with Gasteiger partial charge in [0.05, 0.1) is 7.11 Å². The van der Waals surface area contributed by atoms with Crippen LogP contribution in [0.1, 0.15) is 10.4 Å². The molecule has 74 valence electrons. The summed E-state index contributed by atoms with van der Waals surface area (Å²) in [7, 11) is 1.17. The Morgan fingerprint density at radius 3 is 2.79 bits per heavy atom. The number of Topliss-reactive ketones (excluding diaryl/α,β-unsaturated/α-hetero) is 1. The maximum absolute atomic E-state index is 11.3. The summed E-state index contributed by atoms with van der Waals surface area (Å²) in [5.74, 6) is -1.50. The molecule has 0 aliphatic heterocycles. The van der Waals surface area contributed by atoms with Crippen LogP contribution in [0.2, 0.25) is 0 Å². The summed E-state index contributed by atoms with van der Waals surface area (Å²) in [6, 6.07) is 3.39. The number of nitrogens with zero attached hydrogens (tertiary/aromatic N) is 1. The zero-order valence-electron chi connectivity index (χ0n) is 7.44. The number of rotatable bonds is 3. The zero-order valence-corrected chi connectivity index (χ0v) is 9.02. The highest BCUT2D eigenvalue weighted by atomic mass is 79.9. The van der Waals surface area contributed by atoms with Gasteiger partial charge >= 0.3 is 5.97 Å². The van der Waals surface area contributed by atoms with Crippen molar-refractivity contribution >= 4 is 27.7 Å². The maximum Gasteiger partial charge on any atom is 0.375 e. The molecule has 1 unspecified atom stereocenters. The summed E-state index contributed by atoms with van der Waals surface area (Å²) in [6.07, 6.45) is 3.10. The summed E-state index contributed by atoms with van der Waals surface area (Å²) in [5, 5.41) is 0. The highest BCUT2D eigenvalue weighted by Crippen LogP contribution is 2.22. The number of ether oxygens (including phenoxy) is 1. The van der Waals surface area contributed by atoms with Crippen LogP contribution >= 0.6 is 15.9 Å². The van der Waals surface area contributed by atoms with Crippen LogP contribution in [0.4, 0.5) is 0 Å². The van der Waals surface area contributed by atoms with Gasteiger partial charge in [-0.25, -0.2) is 4.79 Å². The molecule has 1 rings (SSSR count). The lowest BCUT2D eigenvalue weighted by Crippen LogP contribution is -2.19. The molecular formula is C9H8BrNO3. The Morgan fingerprint density at radius 1 is 1.57 bits per heavy atom. The highest BCUT2D eigenvalue weighted by Gasteiger charge is 2.24. The Hall–Kier alpha value is -1.23. The van der Waals surface area contributed by atoms with Crippen molar-refractivity contribution < 1.29 is 14.3 Å². The number of hydrogen-bond donors (Lipinski definition) is 0. The summed E-state index contributed by atoms with van der Waals surface area (Å²) in [6.45, 7) is 0. The summed E-state index contributed by atoms with van der Waals surface area (Å²) in [4.78, 5) is 25.4. The van der Waals surface area contributed by atoms with Crippen molar-refractivity contribution in [3.05, 3.63) is 30.1 Å².